The SMILES string of the molecule is CCC(=O)c1cc(O)ccc1OC(F)F. The highest BCUT2D eigenvalue weighted by atomic mass is 19.3. The third-order valence-corrected chi connectivity index (χ3v) is 1.80. The van der Waals surface area contributed by atoms with Gasteiger partial charge < -0.3 is 9.84 Å². The zero-order chi connectivity index (χ0) is 11.4. The standard InChI is InChI=1S/C10H10F2O3/c1-2-8(14)7-5-6(13)3-4-9(7)15-10(11)12/h3-5,10,13H,2H2,1H3. The van der Waals surface area contributed by atoms with Gasteiger partial charge in [0.2, 0.25) is 0 Å². The van der Waals surface area contributed by atoms with Crippen LogP contribution in [0.15, 0.2) is 18.2 Å². The Kier molecular flexibility index (Phi) is 3.60. The Morgan fingerprint density at radius 2 is 2.20 bits per heavy atom. The molecule has 1 aromatic rings. The Morgan fingerprint density at radius 3 is 2.73 bits per heavy atom. The molecule has 0 radical (unpaired) electrons. The van der Waals surface area contributed by atoms with Crippen molar-refractivity contribution in [2.24, 2.45) is 0 Å². The summed E-state index contributed by atoms with van der Waals surface area (Å²) in [5, 5.41) is 9.12. The van der Waals surface area contributed by atoms with Crippen molar-refractivity contribution in [3.63, 3.8) is 0 Å². The van der Waals surface area contributed by atoms with Crippen LogP contribution in [0.3, 0.4) is 0 Å². The van der Waals surface area contributed by atoms with Gasteiger partial charge in [0, 0.05) is 6.42 Å². The maximum atomic E-state index is 12.0. The van der Waals surface area contributed by atoms with Crippen LogP contribution in [0.1, 0.15) is 23.7 Å². The number of ether oxygens (including phenoxy) is 1. The van der Waals surface area contributed by atoms with E-state index in [0.717, 1.165) is 12.1 Å². The number of benzene rings is 1. The van der Waals surface area contributed by atoms with Gasteiger partial charge in [-0.3, -0.25) is 4.79 Å². The van der Waals surface area contributed by atoms with E-state index in [9.17, 15) is 13.6 Å². The smallest absolute Gasteiger partial charge is 0.387 e. The Morgan fingerprint density at radius 1 is 1.53 bits per heavy atom. The van der Waals surface area contributed by atoms with Crippen molar-refractivity contribution < 1.29 is 23.4 Å². The summed E-state index contributed by atoms with van der Waals surface area (Å²) in [6, 6.07) is 3.44. The summed E-state index contributed by atoms with van der Waals surface area (Å²) in [4.78, 5) is 11.3. The predicted octanol–water partition coefficient (Wildman–Crippen LogP) is 2.59. The van der Waals surface area contributed by atoms with Gasteiger partial charge in [-0.1, -0.05) is 6.92 Å². The molecule has 0 aromatic heterocycles. The van der Waals surface area contributed by atoms with Gasteiger partial charge in [0.15, 0.2) is 5.78 Å². The highest BCUT2D eigenvalue weighted by Gasteiger charge is 2.15. The Balaban J connectivity index is 3.08. The first-order valence-electron chi connectivity index (χ1n) is 4.35. The van der Waals surface area contributed by atoms with E-state index in [-0.39, 0.29) is 29.3 Å². The first kappa shape index (κ1) is 11.4. The highest BCUT2D eigenvalue weighted by Crippen LogP contribution is 2.26. The summed E-state index contributed by atoms with van der Waals surface area (Å²) in [7, 11) is 0. The molecule has 0 unspecified atom stereocenters. The minimum atomic E-state index is -2.99. The van der Waals surface area contributed by atoms with E-state index in [0.29, 0.717) is 0 Å². The molecule has 0 aliphatic rings. The van der Waals surface area contributed by atoms with Crippen molar-refractivity contribution in [1.29, 1.82) is 0 Å². The number of Topliss-reactive ketones (excluding diaryl/α,β-unsaturated/α-hetero) is 1. The van der Waals surface area contributed by atoms with E-state index in [1.807, 2.05) is 0 Å². The van der Waals surface area contributed by atoms with Crippen LogP contribution >= 0.6 is 0 Å². The molecule has 1 rings (SSSR count). The number of aromatic hydroxyl groups is 1. The fraction of sp³-hybridized carbons (Fsp3) is 0.300. The lowest BCUT2D eigenvalue weighted by Crippen LogP contribution is -2.07. The zero-order valence-electron chi connectivity index (χ0n) is 8.04. The second kappa shape index (κ2) is 4.72. The molecule has 0 saturated carbocycles. The lowest BCUT2D eigenvalue weighted by atomic mass is 10.1. The number of ketones is 1. The van der Waals surface area contributed by atoms with Crippen LogP contribution in [0, 0.1) is 0 Å². The fourth-order valence-electron chi connectivity index (χ4n) is 1.13. The van der Waals surface area contributed by atoms with E-state index in [1.54, 1.807) is 6.92 Å². The van der Waals surface area contributed by atoms with Gasteiger partial charge in [-0.25, -0.2) is 0 Å². The summed E-state index contributed by atoms with van der Waals surface area (Å²) in [5.74, 6) is -0.732. The average molecular weight is 216 g/mol. The number of phenolic OH excluding ortho intramolecular Hbond substituents is 1. The number of hydrogen-bond donors (Lipinski definition) is 1. The van der Waals surface area contributed by atoms with Crippen LogP contribution in [0.25, 0.3) is 0 Å². The number of phenols is 1. The van der Waals surface area contributed by atoms with Gasteiger partial charge in [-0.05, 0) is 18.2 Å². The van der Waals surface area contributed by atoms with Crippen LogP contribution in [0.4, 0.5) is 8.78 Å². The van der Waals surface area contributed by atoms with Crippen LogP contribution in [-0.4, -0.2) is 17.5 Å². The van der Waals surface area contributed by atoms with E-state index in [1.165, 1.54) is 6.07 Å². The maximum Gasteiger partial charge on any atom is 0.387 e. The summed E-state index contributed by atoms with van der Waals surface area (Å²) < 4.78 is 28.1. The monoisotopic (exact) mass is 216 g/mol. The number of carbonyl (C=O) groups is 1. The van der Waals surface area contributed by atoms with Crippen LogP contribution in [-0.2, 0) is 0 Å². The van der Waals surface area contributed by atoms with Gasteiger partial charge in [0.05, 0.1) is 5.56 Å². The average Bonchev–Trinajstić information content (AvgIpc) is 2.19. The molecule has 0 atom stereocenters. The van der Waals surface area contributed by atoms with Crippen molar-refractivity contribution in [1.82, 2.24) is 0 Å². The summed E-state index contributed by atoms with van der Waals surface area (Å²) >= 11 is 0. The third kappa shape index (κ3) is 2.90. The molecule has 1 aromatic carbocycles. The minimum Gasteiger partial charge on any atom is -0.508 e. The van der Waals surface area contributed by atoms with Crippen LogP contribution in [0.2, 0.25) is 0 Å². The van der Waals surface area contributed by atoms with Crippen molar-refractivity contribution in [3.8, 4) is 11.5 Å². The minimum absolute atomic E-state index is 0.0298. The van der Waals surface area contributed by atoms with Crippen molar-refractivity contribution in [2.75, 3.05) is 0 Å². The molecule has 0 spiro atoms. The number of alkyl halides is 2. The molecule has 0 amide bonds. The molecule has 1 N–H and O–H groups in total. The molecular weight excluding hydrogens is 206 g/mol. The molecule has 0 bridgehead atoms. The molecule has 0 fully saturated rings. The summed E-state index contributed by atoms with van der Waals surface area (Å²) in [5.41, 5.74) is -0.0298. The largest absolute Gasteiger partial charge is 0.508 e. The number of hydrogen-bond acceptors (Lipinski definition) is 3. The van der Waals surface area contributed by atoms with Gasteiger partial charge in [0.25, 0.3) is 0 Å². The summed E-state index contributed by atoms with van der Waals surface area (Å²) in [6.07, 6.45) is 0.156. The molecule has 82 valence electrons. The molecule has 0 aliphatic carbocycles. The topological polar surface area (TPSA) is 46.5 Å². The molecule has 5 heteroatoms. The first-order valence-corrected chi connectivity index (χ1v) is 4.35. The molecule has 0 saturated heterocycles. The van der Waals surface area contributed by atoms with E-state index >= 15 is 0 Å². The Labute approximate surface area is 85.3 Å². The van der Waals surface area contributed by atoms with Crippen LogP contribution in [0.5, 0.6) is 11.5 Å². The highest BCUT2D eigenvalue weighted by molar-refractivity contribution is 5.98. The molecule has 3 nitrogen and oxygen atoms in total. The molecule has 0 heterocycles. The van der Waals surface area contributed by atoms with Crippen molar-refractivity contribution in [3.05, 3.63) is 23.8 Å². The van der Waals surface area contributed by atoms with Crippen LogP contribution < -0.4 is 4.74 Å². The lowest BCUT2D eigenvalue weighted by molar-refractivity contribution is -0.0501. The summed E-state index contributed by atoms with van der Waals surface area (Å²) in [6.45, 7) is -1.39. The van der Waals surface area contributed by atoms with Gasteiger partial charge in [-0.15, -0.1) is 0 Å². The van der Waals surface area contributed by atoms with Gasteiger partial charge in [-0.2, -0.15) is 8.78 Å². The number of rotatable bonds is 4. The first-order chi connectivity index (χ1) is 7.04. The third-order valence-electron chi connectivity index (χ3n) is 1.80. The van der Waals surface area contributed by atoms with Crippen molar-refractivity contribution in [2.45, 2.75) is 20.0 Å². The van der Waals surface area contributed by atoms with Gasteiger partial charge in [0.1, 0.15) is 11.5 Å². The van der Waals surface area contributed by atoms with E-state index in [2.05, 4.69) is 4.74 Å². The van der Waals surface area contributed by atoms with Crippen molar-refractivity contribution >= 4 is 5.78 Å². The zero-order valence-corrected chi connectivity index (χ0v) is 8.04. The van der Waals surface area contributed by atoms with E-state index < -0.39 is 6.61 Å². The molecule has 0 aliphatic heterocycles. The van der Waals surface area contributed by atoms with E-state index in [4.69, 9.17) is 5.11 Å². The van der Waals surface area contributed by atoms with Gasteiger partial charge >= 0.3 is 6.61 Å². The number of carbonyl (C=O) groups excluding carboxylic acids is 1. The predicted molar refractivity (Wildman–Crippen MR) is 49.4 cm³/mol. The number of halogens is 2. The molecule has 15 heavy (non-hydrogen) atoms. The Bertz CT molecular complexity index is 364. The lowest BCUT2D eigenvalue weighted by Gasteiger charge is -2.09. The Hall–Kier alpha value is -1.65. The second-order valence-corrected chi connectivity index (χ2v) is 2.84. The maximum absolute atomic E-state index is 12.0. The normalized spacial score (nSPS) is 10.4. The quantitative estimate of drug-likeness (QED) is 0.787. The second-order valence-electron chi connectivity index (χ2n) is 2.84. The fourth-order valence-corrected chi connectivity index (χ4v) is 1.13. The molecular formula is C10H10F2O3.